The van der Waals surface area contributed by atoms with Gasteiger partial charge in [-0.25, -0.2) is 9.37 Å². The molecule has 3 aromatic rings. The minimum atomic E-state index is -0.296. The Bertz CT molecular complexity index is 1170. The molecule has 33 heavy (non-hydrogen) atoms. The normalized spacial score (nSPS) is 16.0. The van der Waals surface area contributed by atoms with Crippen molar-refractivity contribution in [1.29, 1.82) is 0 Å². The molecular weight excluding hydrogens is 437 g/mol. The maximum Gasteiger partial charge on any atom is 0.275 e. The Balaban J connectivity index is 1.15. The molecule has 170 valence electrons. The van der Waals surface area contributed by atoms with Crippen LogP contribution in [0.1, 0.15) is 57.4 Å². The van der Waals surface area contributed by atoms with Gasteiger partial charge in [0, 0.05) is 30.1 Å². The summed E-state index contributed by atoms with van der Waals surface area (Å²) in [7, 11) is 0. The van der Waals surface area contributed by atoms with Crippen molar-refractivity contribution in [1.82, 2.24) is 9.88 Å². The summed E-state index contributed by atoms with van der Waals surface area (Å²) in [5.74, 6) is -0.154. The number of piperidine rings is 1. The highest BCUT2D eigenvalue weighted by Gasteiger charge is 2.26. The van der Waals surface area contributed by atoms with E-state index < -0.39 is 0 Å². The van der Waals surface area contributed by atoms with Gasteiger partial charge in [-0.3, -0.25) is 9.59 Å². The van der Waals surface area contributed by atoms with Crippen molar-refractivity contribution in [2.75, 3.05) is 18.4 Å². The summed E-state index contributed by atoms with van der Waals surface area (Å²) in [5, 5.41) is 5.76. The van der Waals surface area contributed by atoms with Gasteiger partial charge in [-0.15, -0.1) is 11.3 Å². The molecule has 1 fully saturated rings. The number of anilines is 1. The first-order chi connectivity index (χ1) is 16.0. The molecule has 1 aliphatic heterocycles. The lowest BCUT2D eigenvalue weighted by Gasteiger charge is -2.31. The molecule has 0 saturated carbocycles. The number of thiazole rings is 1. The lowest BCUT2D eigenvalue weighted by atomic mass is 9.97. The van der Waals surface area contributed by atoms with Crippen molar-refractivity contribution in [3.8, 4) is 0 Å². The second-order valence-corrected chi connectivity index (χ2v) is 9.71. The Morgan fingerprint density at radius 1 is 1.06 bits per heavy atom. The van der Waals surface area contributed by atoms with E-state index in [0.717, 1.165) is 41.9 Å². The highest BCUT2D eigenvalue weighted by molar-refractivity contribution is 7.10. The van der Waals surface area contributed by atoms with E-state index in [9.17, 15) is 14.0 Å². The van der Waals surface area contributed by atoms with Gasteiger partial charge in [-0.2, -0.15) is 0 Å². The molecule has 2 aliphatic rings. The number of amides is 2. The van der Waals surface area contributed by atoms with Gasteiger partial charge < -0.3 is 10.2 Å². The second-order valence-electron chi connectivity index (χ2n) is 8.82. The molecule has 5 nitrogen and oxygen atoms in total. The average Bonchev–Trinajstić information content (AvgIpc) is 3.50. The van der Waals surface area contributed by atoms with Gasteiger partial charge in [0.15, 0.2) is 0 Å². The molecule has 5 rings (SSSR count). The van der Waals surface area contributed by atoms with Crippen LogP contribution in [0.5, 0.6) is 0 Å². The van der Waals surface area contributed by atoms with Gasteiger partial charge in [0.05, 0.1) is 11.4 Å². The van der Waals surface area contributed by atoms with Crippen molar-refractivity contribution < 1.29 is 14.0 Å². The van der Waals surface area contributed by atoms with E-state index in [0.29, 0.717) is 18.8 Å². The average molecular weight is 464 g/mol. The Labute approximate surface area is 196 Å². The number of nitrogens with one attached hydrogen (secondary N) is 1. The minimum absolute atomic E-state index is 0.0635. The van der Waals surface area contributed by atoms with Crippen LogP contribution < -0.4 is 5.32 Å². The molecule has 2 aromatic carbocycles. The van der Waals surface area contributed by atoms with Crippen LogP contribution in [0, 0.1) is 5.82 Å². The molecule has 1 aromatic heterocycles. The number of benzene rings is 2. The molecular formula is C26H26FN3O2S. The third-order valence-corrected chi connectivity index (χ3v) is 7.58. The van der Waals surface area contributed by atoms with Crippen LogP contribution in [0.4, 0.5) is 10.1 Å². The number of carbonyl (C=O) groups excluding carboxylic acids is 2. The van der Waals surface area contributed by atoms with E-state index in [1.165, 1.54) is 41.0 Å². The zero-order valence-electron chi connectivity index (χ0n) is 18.4. The summed E-state index contributed by atoms with van der Waals surface area (Å²) < 4.78 is 13.1. The molecule has 7 heteroatoms. The van der Waals surface area contributed by atoms with Gasteiger partial charge in [0.2, 0.25) is 5.91 Å². The topological polar surface area (TPSA) is 62.3 Å². The highest BCUT2D eigenvalue weighted by atomic mass is 32.1. The summed E-state index contributed by atoms with van der Waals surface area (Å²) in [6.45, 7) is 1.34. The number of aryl methyl sites for hydroxylation is 2. The third kappa shape index (κ3) is 4.98. The first-order valence-electron chi connectivity index (χ1n) is 11.5. The summed E-state index contributed by atoms with van der Waals surface area (Å²) in [6, 6.07) is 12.2. The number of aromatic nitrogens is 1. The summed E-state index contributed by atoms with van der Waals surface area (Å²) in [6.07, 6.45) is 5.32. The Morgan fingerprint density at radius 2 is 1.82 bits per heavy atom. The van der Waals surface area contributed by atoms with Crippen LogP contribution in [0.25, 0.3) is 0 Å². The van der Waals surface area contributed by atoms with E-state index >= 15 is 0 Å². The molecule has 1 saturated heterocycles. The van der Waals surface area contributed by atoms with Gasteiger partial charge in [0.25, 0.3) is 5.91 Å². The molecule has 1 N–H and O–H groups in total. The fourth-order valence-corrected chi connectivity index (χ4v) is 5.66. The van der Waals surface area contributed by atoms with Crippen molar-refractivity contribution >= 4 is 28.8 Å². The molecule has 2 amide bonds. The number of carbonyl (C=O) groups is 2. The van der Waals surface area contributed by atoms with E-state index in [1.54, 1.807) is 12.1 Å². The monoisotopic (exact) mass is 463 g/mol. The van der Waals surface area contributed by atoms with Gasteiger partial charge >= 0.3 is 0 Å². The minimum Gasteiger partial charge on any atom is -0.342 e. The first kappa shape index (κ1) is 21.8. The predicted molar refractivity (Wildman–Crippen MR) is 127 cm³/mol. The van der Waals surface area contributed by atoms with Crippen molar-refractivity contribution in [2.24, 2.45) is 0 Å². The number of halogens is 1. The first-order valence-corrected chi connectivity index (χ1v) is 12.3. The maximum atomic E-state index is 13.1. The van der Waals surface area contributed by atoms with Gasteiger partial charge in [-0.1, -0.05) is 18.2 Å². The van der Waals surface area contributed by atoms with E-state index in [1.807, 2.05) is 16.3 Å². The molecule has 1 aliphatic carbocycles. The molecule has 0 spiro atoms. The maximum absolute atomic E-state index is 13.1. The number of hydrogen-bond acceptors (Lipinski definition) is 4. The van der Waals surface area contributed by atoms with E-state index in [-0.39, 0.29) is 30.0 Å². The number of nitrogens with zero attached hydrogens (tertiary/aromatic N) is 2. The quantitative estimate of drug-likeness (QED) is 0.581. The molecule has 0 atom stereocenters. The largest absolute Gasteiger partial charge is 0.342 e. The zero-order chi connectivity index (χ0) is 22.8. The Hall–Kier alpha value is -3.06. The molecule has 0 unspecified atom stereocenters. The van der Waals surface area contributed by atoms with Crippen LogP contribution in [0.2, 0.25) is 0 Å². The van der Waals surface area contributed by atoms with Gasteiger partial charge in [-0.05, 0) is 73.1 Å². The number of rotatable bonds is 5. The van der Waals surface area contributed by atoms with Crippen LogP contribution >= 0.6 is 11.3 Å². The number of hydrogen-bond donors (Lipinski definition) is 1. The zero-order valence-corrected chi connectivity index (χ0v) is 19.2. The molecule has 2 heterocycles. The fraction of sp³-hybridized carbons (Fsp3) is 0.346. The van der Waals surface area contributed by atoms with Crippen LogP contribution in [-0.2, 0) is 24.1 Å². The highest BCUT2D eigenvalue weighted by Crippen LogP contribution is 2.31. The Morgan fingerprint density at radius 3 is 2.61 bits per heavy atom. The molecule has 0 radical (unpaired) electrons. The van der Waals surface area contributed by atoms with Crippen molar-refractivity contribution in [2.45, 2.75) is 44.4 Å². The second kappa shape index (κ2) is 9.43. The lowest BCUT2D eigenvalue weighted by molar-refractivity contribution is -0.131. The van der Waals surface area contributed by atoms with E-state index in [2.05, 4.69) is 22.4 Å². The van der Waals surface area contributed by atoms with Crippen LogP contribution in [0.3, 0.4) is 0 Å². The smallest absolute Gasteiger partial charge is 0.275 e. The lowest BCUT2D eigenvalue weighted by Crippen LogP contribution is -2.38. The third-order valence-electron chi connectivity index (χ3n) is 6.58. The summed E-state index contributed by atoms with van der Waals surface area (Å²) in [4.78, 5) is 31.8. The SMILES string of the molecule is O=C(Nc1ccc2c(c1)CCC2)c1csc(C2CCN(C(=O)Cc3ccc(F)cc3)CC2)n1. The van der Waals surface area contributed by atoms with Crippen LogP contribution in [0.15, 0.2) is 47.8 Å². The fourth-order valence-electron chi connectivity index (χ4n) is 4.69. The van der Waals surface area contributed by atoms with Crippen LogP contribution in [-0.4, -0.2) is 34.8 Å². The van der Waals surface area contributed by atoms with Crippen molar-refractivity contribution in [3.05, 3.63) is 81.1 Å². The van der Waals surface area contributed by atoms with Gasteiger partial charge in [0.1, 0.15) is 11.5 Å². The standard InChI is InChI=1S/C26H26FN3O2S/c27-21-7-4-17(5-8-21)14-24(31)30-12-10-19(11-13-30)26-29-23(16-33-26)25(32)28-22-9-6-18-2-1-3-20(18)15-22/h4-9,15-16,19H,1-3,10-14H2,(H,28,32). The molecule has 0 bridgehead atoms. The van der Waals surface area contributed by atoms with Crippen molar-refractivity contribution in [3.63, 3.8) is 0 Å². The summed E-state index contributed by atoms with van der Waals surface area (Å²) >= 11 is 1.52. The Kier molecular flexibility index (Phi) is 6.22. The predicted octanol–water partition coefficient (Wildman–Crippen LogP) is 4.97. The summed E-state index contributed by atoms with van der Waals surface area (Å²) in [5.41, 5.74) is 4.80. The van der Waals surface area contributed by atoms with E-state index in [4.69, 9.17) is 0 Å². The number of likely N-dealkylation sites (tertiary alicyclic amines) is 1. The number of fused-ring (bicyclic) bond motifs is 1.